The van der Waals surface area contributed by atoms with Crippen molar-refractivity contribution in [2.24, 2.45) is 5.92 Å². The van der Waals surface area contributed by atoms with Crippen LogP contribution in [0.15, 0.2) is 97.6 Å². The van der Waals surface area contributed by atoms with E-state index >= 15 is 0 Å². The Bertz CT molecular complexity index is 1800. The van der Waals surface area contributed by atoms with Crippen molar-refractivity contribution in [1.82, 2.24) is 20.5 Å². The molecule has 3 aromatic carbocycles. The molecule has 2 heterocycles. The number of benzene rings is 3. The number of pyridine rings is 1. The third-order valence-electron chi connectivity index (χ3n) is 8.88. The van der Waals surface area contributed by atoms with Crippen molar-refractivity contribution in [3.8, 4) is 22.8 Å². The van der Waals surface area contributed by atoms with E-state index in [1.54, 1.807) is 37.4 Å². The fourth-order valence-corrected chi connectivity index (χ4v) is 6.16. The van der Waals surface area contributed by atoms with Gasteiger partial charge in [-0.2, -0.15) is 0 Å². The van der Waals surface area contributed by atoms with E-state index in [0.717, 1.165) is 10.9 Å². The predicted octanol–water partition coefficient (Wildman–Crippen LogP) is 4.32. The van der Waals surface area contributed by atoms with Crippen LogP contribution in [0, 0.1) is 5.92 Å². The van der Waals surface area contributed by atoms with Gasteiger partial charge in [-0.1, -0.05) is 66.7 Å². The normalized spacial score (nSPS) is 22.3. The lowest BCUT2D eigenvalue weighted by atomic mass is 10.1. The van der Waals surface area contributed by atoms with Crippen LogP contribution in [0.25, 0.3) is 22.2 Å². The second kappa shape index (κ2) is 13.1. The highest BCUT2D eigenvalue weighted by Crippen LogP contribution is 2.45. The molecule has 4 aromatic rings. The van der Waals surface area contributed by atoms with Gasteiger partial charge in [0.1, 0.15) is 29.2 Å². The van der Waals surface area contributed by atoms with Crippen LogP contribution in [0.1, 0.15) is 24.4 Å². The first-order valence-corrected chi connectivity index (χ1v) is 15.4. The Labute approximate surface area is 271 Å². The highest BCUT2D eigenvalue weighted by atomic mass is 16.5. The molecule has 1 saturated carbocycles. The molecule has 1 unspecified atom stereocenters. The van der Waals surface area contributed by atoms with Crippen LogP contribution in [-0.4, -0.2) is 76.0 Å². The number of ether oxygens (including phenoxy) is 2. The maximum Gasteiger partial charge on any atom is 0.330 e. The lowest BCUT2D eigenvalue weighted by Crippen LogP contribution is -2.54. The zero-order valence-electron chi connectivity index (χ0n) is 25.8. The average Bonchev–Trinajstić information content (AvgIpc) is 3.66. The molecule has 0 bridgehead atoms. The standard InChI is InChI=1S/C36H36N4O7/c1-3-24-19-36(24,34(43)44)39-33(42)31-17-26(20-40(31)35(45)38-30(21-41)23-12-8-5-9-13-23)47-32-18-28(22-10-6-4-7-11-22)37-29-16-25(46-2)14-15-27(29)32/h3-16,18,24,26,30-31,41H,1,17,19-21H2,2H3,(H,38,45)(H,39,42)(H,43,44)/t24?,26-,30+,31+,36-/m1/s1. The van der Waals surface area contributed by atoms with Gasteiger partial charge < -0.3 is 35.2 Å². The van der Waals surface area contributed by atoms with Gasteiger partial charge in [-0.25, -0.2) is 14.6 Å². The van der Waals surface area contributed by atoms with Gasteiger partial charge in [0.25, 0.3) is 0 Å². The molecule has 1 aliphatic carbocycles. The van der Waals surface area contributed by atoms with Crippen LogP contribution in [0.3, 0.4) is 0 Å². The number of likely N-dealkylation sites (tertiary alicyclic amines) is 1. The van der Waals surface area contributed by atoms with Crippen molar-refractivity contribution < 1.29 is 34.1 Å². The van der Waals surface area contributed by atoms with Gasteiger partial charge in [0.2, 0.25) is 5.91 Å². The predicted molar refractivity (Wildman–Crippen MR) is 175 cm³/mol. The number of nitrogens with zero attached hydrogens (tertiary/aromatic N) is 2. The monoisotopic (exact) mass is 636 g/mol. The van der Waals surface area contributed by atoms with Gasteiger partial charge in [-0.3, -0.25) is 4.79 Å². The van der Waals surface area contributed by atoms with Crippen molar-refractivity contribution in [3.05, 3.63) is 103 Å². The summed E-state index contributed by atoms with van der Waals surface area (Å²) in [6.07, 6.45) is 1.20. The number of aromatic nitrogens is 1. The molecule has 0 spiro atoms. The number of aliphatic hydroxyl groups excluding tert-OH is 1. The maximum absolute atomic E-state index is 13.8. The third-order valence-corrected chi connectivity index (χ3v) is 8.88. The number of carbonyl (C=O) groups excluding carboxylic acids is 2. The summed E-state index contributed by atoms with van der Waals surface area (Å²) in [5.41, 5.74) is 1.42. The van der Waals surface area contributed by atoms with Crippen LogP contribution >= 0.6 is 0 Å². The quantitative estimate of drug-likeness (QED) is 0.178. The largest absolute Gasteiger partial charge is 0.497 e. The molecule has 11 heteroatoms. The summed E-state index contributed by atoms with van der Waals surface area (Å²) in [6.45, 7) is 3.36. The lowest BCUT2D eigenvalue weighted by molar-refractivity contribution is -0.144. The second-order valence-corrected chi connectivity index (χ2v) is 11.8. The Morgan fingerprint density at radius 2 is 1.81 bits per heavy atom. The number of aliphatic carboxylic acids is 1. The molecule has 3 amide bonds. The molecular weight excluding hydrogens is 600 g/mol. The molecule has 11 nitrogen and oxygen atoms in total. The van der Waals surface area contributed by atoms with Gasteiger partial charge in [0.15, 0.2) is 0 Å². The molecule has 2 aliphatic rings. The number of carbonyl (C=O) groups is 3. The number of methoxy groups -OCH3 is 1. The number of amides is 3. The maximum atomic E-state index is 13.8. The molecule has 2 fully saturated rings. The zero-order chi connectivity index (χ0) is 33.1. The van der Waals surface area contributed by atoms with Gasteiger partial charge in [0.05, 0.1) is 37.5 Å². The van der Waals surface area contributed by atoms with Crippen molar-refractivity contribution >= 4 is 28.8 Å². The van der Waals surface area contributed by atoms with Crippen molar-refractivity contribution in [2.45, 2.75) is 36.6 Å². The Kier molecular flexibility index (Phi) is 8.82. The smallest absolute Gasteiger partial charge is 0.330 e. The number of hydrogen-bond donors (Lipinski definition) is 4. The molecule has 0 radical (unpaired) electrons. The average molecular weight is 637 g/mol. The van der Waals surface area contributed by atoms with E-state index in [9.17, 15) is 24.6 Å². The number of hydrogen-bond acceptors (Lipinski definition) is 7. The minimum Gasteiger partial charge on any atom is -0.497 e. The van der Waals surface area contributed by atoms with Gasteiger partial charge in [-0.15, -0.1) is 6.58 Å². The van der Waals surface area contributed by atoms with Crippen LogP contribution in [-0.2, 0) is 9.59 Å². The van der Waals surface area contributed by atoms with Crippen LogP contribution in [0.4, 0.5) is 4.79 Å². The lowest BCUT2D eigenvalue weighted by Gasteiger charge is -2.27. The Balaban J connectivity index is 1.31. The van der Waals surface area contributed by atoms with E-state index in [4.69, 9.17) is 14.5 Å². The fraction of sp³-hybridized carbons (Fsp3) is 0.278. The highest BCUT2D eigenvalue weighted by molar-refractivity contribution is 5.95. The van der Waals surface area contributed by atoms with E-state index < -0.39 is 47.6 Å². The number of urea groups is 1. The first-order chi connectivity index (χ1) is 22.8. The minimum absolute atomic E-state index is 0.0302. The van der Waals surface area contributed by atoms with Gasteiger partial charge in [-0.05, 0) is 24.1 Å². The fourth-order valence-electron chi connectivity index (χ4n) is 6.16. The third kappa shape index (κ3) is 6.34. The summed E-state index contributed by atoms with van der Waals surface area (Å²) in [7, 11) is 1.58. The molecule has 1 aromatic heterocycles. The number of rotatable bonds is 11. The van der Waals surface area contributed by atoms with E-state index in [1.165, 1.54) is 11.0 Å². The molecule has 6 rings (SSSR count). The summed E-state index contributed by atoms with van der Waals surface area (Å²) in [5, 5.41) is 26.3. The first-order valence-electron chi connectivity index (χ1n) is 15.4. The molecule has 47 heavy (non-hydrogen) atoms. The van der Waals surface area contributed by atoms with E-state index in [-0.39, 0.29) is 26.0 Å². The second-order valence-electron chi connectivity index (χ2n) is 11.8. The Morgan fingerprint density at radius 3 is 2.45 bits per heavy atom. The molecule has 1 saturated heterocycles. The number of carboxylic acid groups (broad SMARTS) is 1. The Morgan fingerprint density at radius 1 is 1.09 bits per heavy atom. The van der Waals surface area contributed by atoms with E-state index in [0.29, 0.717) is 28.3 Å². The topological polar surface area (TPSA) is 150 Å². The summed E-state index contributed by atoms with van der Waals surface area (Å²) >= 11 is 0. The SMILES string of the molecule is C=CC1C[C@]1(NC(=O)[C@@H]1C[C@@H](Oc2cc(-c3ccccc3)nc3cc(OC)ccc23)CN1C(=O)N[C@@H](CO)c1ccccc1)C(=O)O. The van der Waals surface area contributed by atoms with Crippen LogP contribution in [0.2, 0.25) is 0 Å². The summed E-state index contributed by atoms with van der Waals surface area (Å²) in [5.74, 6) is -1.05. The van der Waals surface area contributed by atoms with Gasteiger partial charge >= 0.3 is 12.0 Å². The molecule has 242 valence electrons. The molecular formula is C36H36N4O7. The summed E-state index contributed by atoms with van der Waals surface area (Å²) in [6, 6.07) is 23.6. The summed E-state index contributed by atoms with van der Waals surface area (Å²) in [4.78, 5) is 45.9. The van der Waals surface area contributed by atoms with Crippen molar-refractivity contribution in [1.29, 1.82) is 0 Å². The Hall–Kier alpha value is -5.42. The van der Waals surface area contributed by atoms with Crippen LogP contribution < -0.4 is 20.1 Å². The highest BCUT2D eigenvalue weighted by Gasteiger charge is 2.61. The van der Waals surface area contributed by atoms with Crippen molar-refractivity contribution in [3.63, 3.8) is 0 Å². The number of fused-ring (bicyclic) bond motifs is 1. The summed E-state index contributed by atoms with van der Waals surface area (Å²) < 4.78 is 12.0. The number of nitrogens with one attached hydrogen (secondary N) is 2. The molecule has 1 aliphatic heterocycles. The van der Waals surface area contributed by atoms with E-state index in [2.05, 4.69) is 17.2 Å². The van der Waals surface area contributed by atoms with Gasteiger partial charge in [0, 0.05) is 35.4 Å². The molecule has 5 atom stereocenters. The minimum atomic E-state index is -1.47. The zero-order valence-corrected chi connectivity index (χ0v) is 25.8. The first kappa shape index (κ1) is 31.6. The van der Waals surface area contributed by atoms with E-state index in [1.807, 2.05) is 54.6 Å². The molecule has 4 N–H and O–H groups in total. The van der Waals surface area contributed by atoms with Crippen LogP contribution in [0.5, 0.6) is 11.5 Å². The van der Waals surface area contributed by atoms with Crippen molar-refractivity contribution in [2.75, 3.05) is 20.3 Å². The number of aliphatic hydroxyl groups is 1. The number of carboxylic acids is 1.